The summed E-state index contributed by atoms with van der Waals surface area (Å²) in [6, 6.07) is 20.9. The minimum absolute atomic E-state index is 0.353. The van der Waals surface area contributed by atoms with Crippen LogP contribution in [0.2, 0.25) is 0 Å². The largest absolute Gasteiger partial charge is 0.385 e. The Bertz CT molecular complexity index is 1090. The Hall–Kier alpha value is -3.34. The first-order chi connectivity index (χ1) is 15.5. The van der Waals surface area contributed by atoms with E-state index < -0.39 is 0 Å². The first kappa shape index (κ1) is 21.9. The zero-order chi connectivity index (χ0) is 22.5. The summed E-state index contributed by atoms with van der Waals surface area (Å²) in [5, 5.41) is 6.86. The summed E-state index contributed by atoms with van der Waals surface area (Å²) in [6.07, 6.45) is 4.56. The van der Waals surface area contributed by atoms with E-state index in [-0.39, 0.29) is 5.91 Å². The molecule has 4 N–H and O–H groups in total. The molecule has 2 heterocycles. The maximum absolute atomic E-state index is 10.9. The molecule has 2 unspecified atom stereocenters. The molecular weight excluding hydrogens is 396 g/mol. The number of amides is 1. The van der Waals surface area contributed by atoms with E-state index in [1.807, 2.05) is 31.2 Å². The second-order valence-corrected chi connectivity index (χ2v) is 8.73. The normalized spacial score (nSPS) is 18.8. The van der Waals surface area contributed by atoms with Crippen molar-refractivity contribution in [2.24, 2.45) is 5.73 Å². The number of hydrogen-bond donors (Lipinski definition) is 3. The van der Waals surface area contributed by atoms with Gasteiger partial charge in [-0.3, -0.25) is 4.79 Å². The number of carbonyl (C=O) groups excluding carboxylic acids is 1. The van der Waals surface area contributed by atoms with Gasteiger partial charge < -0.3 is 16.4 Å². The van der Waals surface area contributed by atoms with Crippen LogP contribution in [0.15, 0.2) is 60.7 Å². The summed E-state index contributed by atoms with van der Waals surface area (Å²) in [7, 11) is 0. The molecule has 2 aromatic carbocycles. The Morgan fingerprint density at radius 2 is 1.88 bits per heavy atom. The number of fused-ring (bicyclic) bond motifs is 2. The molecule has 5 nitrogen and oxygen atoms in total. The summed E-state index contributed by atoms with van der Waals surface area (Å²) in [5.41, 5.74) is 12.1. The molecular formula is C27H32N4O. The Morgan fingerprint density at radius 3 is 2.66 bits per heavy atom. The maximum Gasteiger partial charge on any atom is 0.248 e. The monoisotopic (exact) mass is 428 g/mol. The van der Waals surface area contributed by atoms with Gasteiger partial charge in [-0.25, -0.2) is 4.98 Å². The predicted molar refractivity (Wildman–Crippen MR) is 131 cm³/mol. The Balaban J connectivity index is 0.000000165. The first-order valence-corrected chi connectivity index (χ1v) is 11.5. The molecule has 0 radical (unpaired) electrons. The quantitative estimate of drug-likeness (QED) is 0.508. The van der Waals surface area contributed by atoms with Gasteiger partial charge in [0.2, 0.25) is 5.91 Å². The lowest BCUT2D eigenvalue weighted by molar-refractivity contribution is 0.1000. The minimum atomic E-state index is -0.353. The van der Waals surface area contributed by atoms with E-state index in [0.717, 1.165) is 36.6 Å². The Kier molecular flexibility index (Phi) is 6.74. The van der Waals surface area contributed by atoms with Gasteiger partial charge in [0, 0.05) is 23.5 Å². The Morgan fingerprint density at radius 1 is 1.06 bits per heavy atom. The summed E-state index contributed by atoms with van der Waals surface area (Å²) < 4.78 is 0. The molecule has 166 valence electrons. The molecule has 1 aromatic heterocycles. The number of aromatic nitrogens is 1. The van der Waals surface area contributed by atoms with Crippen molar-refractivity contribution in [2.75, 3.05) is 17.2 Å². The lowest BCUT2D eigenvalue weighted by atomic mass is 9.81. The van der Waals surface area contributed by atoms with Crippen molar-refractivity contribution in [3.63, 3.8) is 0 Å². The van der Waals surface area contributed by atoms with E-state index in [1.54, 1.807) is 6.07 Å². The van der Waals surface area contributed by atoms with Crippen LogP contribution < -0.4 is 16.4 Å². The summed E-state index contributed by atoms with van der Waals surface area (Å²) in [6.45, 7) is 5.37. The van der Waals surface area contributed by atoms with Gasteiger partial charge in [0.05, 0.1) is 6.04 Å². The van der Waals surface area contributed by atoms with Crippen molar-refractivity contribution < 1.29 is 4.79 Å². The number of benzene rings is 2. The van der Waals surface area contributed by atoms with Crippen LogP contribution in [-0.2, 0) is 6.42 Å². The van der Waals surface area contributed by atoms with Gasteiger partial charge in [-0.05, 0) is 85.5 Å². The van der Waals surface area contributed by atoms with E-state index in [2.05, 4.69) is 52.9 Å². The van der Waals surface area contributed by atoms with Crippen molar-refractivity contribution in [1.82, 2.24) is 4.98 Å². The highest BCUT2D eigenvalue weighted by Gasteiger charge is 2.24. The van der Waals surface area contributed by atoms with Crippen LogP contribution in [0.4, 0.5) is 11.5 Å². The van der Waals surface area contributed by atoms with Crippen LogP contribution in [0, 0.1) is 6.92 Å². The fourth-order valence-corrected chi connectivity index (χ4v) is 4.58. The molecule has 2 atom stereocenters. The van der Waals surface area contributed by atoms with E-state index in [9.17, 15) is 4.79 Å². The number of anilines is 2. The fraction of sp³-hybridized carbons (Fsp3) is 0.333. The van der Waals surface area contributed by atoms with Crippen LogP contribution >= 0.6 is 0 Å². The highest BCUT2D eigenvalue weighted by atomic mass is 16.1. The molecule has 2 aliphatic rings. The standard InChI is InChI=1S/C17H20N2.C10H12N2O/c1-12-10-11-16(15-8-4-3-7-14(12)15)19-17-9-5-6-13(2)18-17;11-10(13)8-3-4-9-7(6-8)2-1-5-12-9/h3-9,12,16H,10-11H2,1-2H3,(H,18,19);3-4,6,12H,1-2,5H2,(H2,11,13). The number of rotatable bonds is 3. The Labute approximate surface area is 190 Å². The van der Waals surface area contributed by atoms with Gasteiger partial charge >= 0.3 is 0 Å². The van der Waals surface area contributed by atoms with Crippen LogP contribution in [0.3, 0.4) is 0 Å². The second-order valence-electron chi connectivity index (χ2n) is 8.73. The maximum atomic E-state index is 10.9. The zero-order valence-electron chi connectivity index (χ0n) is 18.9. The van der Waals surface area contributed by atoms with Crippen LogP contribution in [-0.4, -0.2) is 17.4 Å². The van der Waals surface area contributed by atoms with Crippen molar-refractivity contribution in [1.29, 1.82) is 0 Å². The van der Waals surface area contributed by atoms with Gasteiger partial charge in [-0.2, -0.15) is 0 Å². The number of primary amides is 1. The number of pyridine rings is 1. The highest BCUT2D eigenvalue weighted by molar-refractivity contribution is 5.93. The van der Waals surface area contributed by atoms with Crippen LogP contribution in [0.25, 0.3) is 0 Å². The third-order valence-corrected chi connectivity index (χ3v) is 6.33. The summed E-state index contributed by atoms with van der Waals surface area (Å²) >= 11 is 0. The minimum Gasteiger partial charge on any atom is -0.385 e. The van der Waals surface area contributed by atoms with E-state index in [0.29, 0.717) is 17.5 Å². The summed E-state index contributed by atoms with van der Waals surface area (Å²) in [5.74, 6) is 1.29. The zero-order valence-corrected chi connectivity index (χ0v) is 18.9. The van der Waals surface area contributed by atoms with Crippen LogP contribution in [0.1, 0.15) is 70.9 Å². The highest BCUT2D eigenvalue weighted by Crippen LogP contribution is 2.38. The van der Waals surface area contributed by atoms with E-state index >= 15 is 0 Å². The van der Waals surface area contributed by atoms with Gasteiger partial charge in [0.15, 0.2) is 0 Å². The van der Waals surface area contributed by atoms with Gasteiger partial charge in [0.1, 0.15) is 5.82 Å². The SMILES string of the molecule is Cc1cccc(NC2CCC(C)c3ccccc32)n1.NC(=O)c1ccc2c(c1)CCCN2. The van der Waals surface area contributed by atoms with E-state index in [1.165, 1.54) is 29.5 Å². The molecule has 3 aromatic rings. The molecule has 1 aliphatic carbocycles. The van der Waals surface area contributed by atoms with Crippen molar-refractivity contribution in [3.05, 3.63) is 88.6 Å². The second kappa shape index (κ2) is 9.86. The molecule has 0 spiro atoms. The number of nitrogens with zero attached hydrogens (tertiary/aromatic N) is 1. The average Bonchev–Trinajstić information content (AvgIpc) is 2.81. The lowest BCUT2D eigenvalue weighted by Crippen LogP contribution is -2.19. The molecule has 5 rings (SSSR count). The lowest BCUT2D eigenvalue weighted by Gasteiger charge is -2.30. The van der Waals surface area contributed by atoms with Crippen molar-refractivity contribution in [3.8, 4) is 0 Å². The third-order valence-electron chi connectivity index (χ3n) is 6.33. The molecule has 32 heavy (non-hydrogen) atoms. The molecule has 1 amide bonds. The van der Waals surface area contributed by atoms with Crippen LogP contribution in [0.5, 0.6) is 0 Å². The molecule has 0 fully saturated rings. The fourth-order valence-electron chi connectivity index (χ4n) is 4.58. The number of aryl methyl sites for hydroxylation is 2. The molecule has 0 saturated carbocycles. The molecule has 0 saturated heterocycles. The smallest absolute Gasteiger partial charge is 0.248 e. The molecule has 1 aliphatic heterocycles. The number of carbonyl (C=O) groups is 1. The average molecular weight is 429 g/mol. The molecule has 0 bridgehead atoms. The third kappa shape index (κ3) is 5.10. The van der Waals surface area contributed by atoms with Gasteiger partial charge in [-0.1, -0.05) is 37.3 Å². The van der Waals surface area contributed by atoms with Gasteiger partial charge in [-0.15, -0.1) is 0 Å². The van der Waals surface area contributed by atoms with E-state index in [4.69, 9.17) is 5.73 Å². The van der Waals surface area contributed by atoms with Crippen molar-refractivity contribution in [2.45, 2.75) is 51.5 Å². The van der Waals surface area contributed by atoms with Gasteiger partial charge in [0.25, 0.3) is 0 Å². The number of nitrogens with one attached hydrogen (secondary N) is 2. The summed E-state index contributed by atoms with van der Waals surface area (Å²) in [4.78, 5) is 15.4. The molecule has 5 heteroatoms. The first-order valence-electron chi connectivity index (χ1n) is 11.5. The predicted octanol–water partition coefficient (Wildman–Crippen LogP) is 5.58. The number of nitrogens with two attached hydrogens (primary N) is 1. The topological polar surface area (TPSA) is 80.0 Å². The number of hydrogen-bond acceptors (Lipinski definition) is 4. The van der Waals surface area contributed by atoms with Crippen molar-refractivity contribution >= 4 is 17.4 Å².